The van der Waals surface area contributed by atoms with E-state index in [9.17, 15) is 22.8 Å². The van der Waals surface area contributed by atoms with Gasteiger partial charge in [0, 0.05) is 6.92 Å². The minimum absolute atomic E-state index is 0.0400. The average molecular weight is 442 g/mol. The topological polar surface area (TPSA) is 77.6 Å². The number of para-hydroxylation sites is 1. The van der Waals surface area contributed by atoms with E-state index in [1.165, 1.54) is 38.3 Å². The minimum atomic E-state index is -5.00. The highest BCUT2D eigenvalue weighted by Gasteiger charge is 2.34. The number of alkyl halides is 3. The smallest absolute Gasteiger partial charge is 0.494 e. The number of rotatable bonds is 5. The predicted octanol–water partition coefficient (Wildman–Crippen LogP) is 5.19. The van der Waals surface area contributed by atoms with Crippen LogP contribution in [0.15, 0.2) is 30.3 Å². The number of esters is 1. The van der Waals surface area contributed by atoms with E-state index in [1.807, 2.05) is 0 Å². The third-order valence-corrected chi connectivity index (χ3v) is 4.44. The van der Waals surface area contributed by atoms with Crippen LogP contribution in [0, 0.1) is 6.92 Å². The number of methoxy groups -OCH3 is 1. The molecule has 0 radical (unpaired) electrons. The van der Waals surface area contributed by atoms with Gasteiger partial charge < -0.3 is 19.2 Å². The number of ether oxygens (including phenoxy) is 3. The molecule has 0 saturated heterocycles. The lowest BCUT2D eigenvalue weighted by molar-refractivity contribution is -0.274. The zero-order valence-corrected chi connectivity index (χ0v) is 16.7. The Balaban J connectivity index is 2.32. The van der Waals surface area contributed by atoms with Gasteiger partial charge in [0.25, 0.3) is 0 Å². The molecule has 2 aromatic carbocycles. The zero-order valence-electron chi connectivity index (χ0n) is 15.9. The Bertz CT molecular complexity index is 1150. The molecule has 0 atom stereocenters. The monoisotopic (exact) mass is 441 g/mol. The first-order valence-electron chi connectivity index (χ1n) is 8.50. The van der Waals surface area contributed by atoms with Gasteiger partial charge in [-0.1, -0.05) is 23.7 Å². The van der Waals surface area contributed by atoms with E-state index in [4.69, 9.17) is 21.1 Å². The van der Waals surface area contributed by atoms with Crippen LogP contribution in [0.25, 0.3) is 10.9 Å². The van der Waals surface area contributed by atoms with Crippen molar-refractivity contribution in [3.63, 3.8) is 0 Å². The summed E-state index contributed by atoms with van der Waals surface area (Å²) < 4.78 is 53.0. The minimum Gasteiger partial charge on any atom is -0.494 e. The molecule has 158 valence electrons. The van der Waals surface area contributed by atoms with Crippen molar-refractivity contribution < 1.29 is 37.0 Å². The highest BCUT2D eigenvalue weighted by Crippen LogP contribution is 2.43. The van der Waals surface area contributed by atoms with Gasteiger partial charge in [0.15, 0.2) is 5.75 Å². The molecule has 0 saturated carbocycles. The molecule has 0 aliphatic heterocycles. The van der Waals surface area contributed by atoms with E-state index in [0.29, 0.717) is 11.2 Å². The van der Waals surface area contributed by atoms with Gasteiger partial charge in [0.2, 0.25) is 5.78 Å². The number of halogens is 4. The molecule has 0 spiro atoms. The van der Waals surface area contributed by atoms with Crippen molar-refractivity contribution in [3.05, 3.63) is 52.2 Å². The first kappa shape index (κ1) is 21.5. The Labute approximate surface area is 173 Å². The standard InChI is InChI=1S/C20H15ClF3NO5/c1-9-18(29-10(2)26)15-13(25-9)8-12(21)19(28-3)16(15)17(27)11-6-4-5-7-14(11)30-20(22,23)24/h4-8,25H,1-3H3. The van der Waals surface area contributed by atoms with Gasteiger partial charge in [0.1, 0.15) is 11.5 Å². The summed E-state index contributed by atoms with van der Waals surface area (Å²) >= 11 is 6.24. The number of aromatic amines is 1. The third kappa shape index (κ3) is 4.06. The summed E-state index contributed by atoms with van der Waals surface area (Å²) in [7, 11) is 1.26. The molecule has 10 heteroatoms. The van der Waals surface area contributed by atoms with Crippen molar-refractivity contribution in [2.24, 2.45) is 0 Å². The van der Waals surface area contributed by atoms with E-state index in [2.05, 4.69) is 9.72 Å². The van der Waals surface area contributed by atoms with E-state index in [0.717, 1.165) is 6.07 Å². The molecule has 0 aliphatic carbocycles. The van der Waals surface area contributed by atoms with Gasteiger partial charge in [-0.3, -0.25) is 9.59 Å². The van der Waals surface area contributed by atoms with Crippen molar-refractivity contribution >= 4 is 34.3 Å². The molecule has 1 N–H and O–H groups in total. The molecule has 0 fully saturated rings. The van der Waals surface area contributed by atoms with E-state index >= 15 is 0 Å². The fourth-order valence-electron chi connectivity index (χ4n) is 3.10. The quantitative estimate of drug-likeness (QED) is 0.435. The van der Waals surface area contributed by atoms with Gasteiger partial charge in [-0.25, -0.2) is 0 Å². The average Bonchev–Trinajstić information content (AvgIpc) is 2.93. The summed E-state index contributed by atoms with van der Waals surface area (Å²) in [6.07, 6.45) is -5.00. The van der Waals surface area contributed by atoms with Crippen molar-refractivity contribution in [3.8, 4) is 17.2 Å². The Morgan fingerprint density at radius 1 is 1.13 bits per heavy atom. The Kier molecular flexibility index (Phi) is 5.67. The largest absolute Gasteiger partial charge is 0.573 e. The van der Waals surface area contributed by atoms with Crippen LogP contribution in [0.5, 0.6) is 17.2 Å². The SMILES string of the molecule is COc1c(Cl)cc2[nH]c(C)c(OC(C)=O)c2c1C(=O)c1ccccc1OC(F)(F)F. The third-order valence-electron chi connectivity index (χ3n) is 4.16. The zero-order chi connectivity index (χ0) is 22.2. The predicted molar refractivity (Wildman–Crippen MR) is 102 cm³/mol. The number of carbonyl (C=O) groups excluding carboxylic acids is 2. The van der Waals surface area contributed by atoms with Crippen LogP contribution in [-0.2, 0) is 4.79 Å². The molecule has 3 rings (SSSR count). The van der Waals surface area contributed by atoms with Gasteiger partial charge in [0.05, 0.1) is 39.9 Å². The van der Waals surface area contributed by atoms with Gasteiger partial charge in [-0.15, -0.1) is 13.2 Å². The van der Waals surface area contributed by atoms with Crippen molar-refractivity contribution in [1.82, 2.24) is 4.98 Å². The highest BCUT2D eigenvalue weighted by atomic mass is 35.5. The van der Waals surface area contributed by atoms with Crippen LogP contribution in [-0.4, -0.2) is 30.2 Å². The normalized spacial score (nSPS) is 11.4. The highest BCUT2D eigenvalue weighted by molar-refractivity contribution is 6.35. The molecule has 1 aromatic heterocycles. The second kappa shape index (κ2) is 7.91. The fourth-order valence-corrected chi connectivity index (χ4v) is 3.38. The van der Waals surface area contributed by atoms with Gasteiger partial charge in [-0.2, -0.15) is 0 Å². The number of H-pyrrole nitrogens is 1. The summed E-state index contributed by atoms with van der Waals surface area (Å²) in [5, 5.41) is 0.189. The van der Waals surface area contributed by atoms with Gasteiger partial charge in [-0.05, 0) is 25.1 Å². The summed E-state index contributed by atoms with van der Waals surface area (Å²) in [5.74, 6) is -2.22. The Hall–Kier alpha value is -3.20. The Morgan fingerprint density at radius 3 is 2.40 bits per heavy atom. The summed E-state index contributed by atoms with van der Waals surface area (Å²) in [4.78, 5) is 27.9. The maximum atomic E-state index is 13.4. The maximum absolute atomic E-state index is 13.4. The molecule has 0 aliphatic rings. The second-order valence-corrected chi connectivity index (χ2v) is 6.64. The lowest BCUT2D eigenvalue weighted by Crippen LogP contribution is -2.19. The van der Waals surface area contributed by atoms with Crippen molar-refractivity contribution in [2.45, 2.75) is 20.2 Å². The number of hydrogen-bond donors (Lipinski definition) is 1. The van der Waals surface area contributed by atoms with Crippen LogP contribution in [0.1, 0.15) is 28.5 Å². The van der Waals surface area contributed by atoms with E-state index in [1.54, 1.807) is 6.92 Å². The Morgan fingerprint density at radius 2 is 1.80 bits per heavy atom. The number of aromatic nitrogens is 1. The number of nitrogens with one attached hydrogen (secondary N) is 1. The maximum Gasteiger partial charge on any atom is 0.573 e. The molecule has 30 heavy (non-hydrogen) atoms. The summed E-state index contributed by atoms with van der Waals surface area (Å²) in [6.45, 7) is 2.78. The lowest BCUT2D eigenvalue weighted by Gasteiger charge is -2.15. The molecular weight excluding hydrogens is 427 g/mol. The van der Waals surface area contributed by atoms with Crippen LogP contribution in [0.2, 0.25) is 5.02 Å². The number of aryl methyl sites for hydroxylation is 1. The van der Waals surface area contributed by atoms with E-state index in [-0.39, 0.29) is 33.0 Å². The molecule has 3 aromatic rings. The molecular formula is C20H15ClF3NO5. The molecule has 0 amide bonds. The molecule has 1 heterocycles. The molecule has 0 bridgehead atoms. The first-order chi connectivity index (χ1) is 14.0. The number of ketones is 1. The summed E-state index contributed by atoms with van der Waals surface area (Å²) in [6, 6.07) is 6.35. The molecule has 0 unspecified atom stereocenters. The van der Waals surface area contributed by atoms with Crippen LogP contribution >= 0.6 is 11.6 Å². The number of carbonyl (C=O) groups is 2. The fraction of sp³-hybridized carbons (Fsp3) is 0.200. The molecule has 6 nitrogen and oxygen atoms in total. The lowest BCUT2D eigenvalue weighted by atomic mass is 9.97. The van der Waals surface area contributed by atoms with Gasteiger partial charge >= 0.3 is 12.3 Å². The van der Waals surface area contributed by atoms with Crippen molar-refractivity contribution in [1.29, 1.82) is 0 Å². The first-order valence-corrected chi connectivity index (χ1v) is 8.88. The van der Waals surface area contributed by atoms with Crippen LogP contribution in [0.3, 0.4) is 0 Å². The van der Waals surface area contributed by atoms with Crippen molar-refractivity contribution in [2.75, 3.05) is 7.11 Å². The second-order valence-electron chi connectivity index (χ2n) is 6.24. The van der Waals surface area contributed by atoms with E-state index < -0.39 is 23.9 Å². The number of benzene rings is 2. The number of fused-ring (bicyclic) bond motifs is 1. The summed E-state index contributed by atoms with van der Waals surface area (Å²) in [5.41, 5.74) is 0.216. The van der Waals surface area contributed by atoms with Crippen LogP contribution in [0.4, 0.5) is 13.2 Å². The number of hydrogen-bond acceptors (Lipinski definition) is 5. The van der Waals surface area contributed by atoms with Crippen LogP contribution < -0.4 is 14.2 Å².